The van der Waals surface area contributed by atoms with E-state index in [0.29, 0.717) is 6.61 Å². The molecule has 1 aromatic heterocycles. The summed E-state index contributed by atoms with van der Waals surface area (Å²) in [5.41, 5.74) is 1.34. The first-order chi connectivity index (χ1) is 9.28. The van der Waals surface area contributed by atoms with Gasteiger partial charge < -0.3 is 10.1 Å². The lowest BCUT2D eigenvalue weighted by atomic mass is 10.2. The molecule has 2 nitrogen and oxygen atoms in total. The molecule has 1 aromatic carbocycles. The van der Waals surface area contributed by atoms with Gasteiger partial charge in [0.05, 0.1) is 0 Å². The van der Waals surface area contributed by atoms with Crippen LogP contribution in [0.5, 0.6) is 5.75 Å². The molecule has 2 rings (SSSR count). The zero-order valence-electron chi connectivity index (χ0n) is 11.0. The second kappa shape index (κ2) is 7.68. The van der Waals surface area contributed by atoms with Crippen molar-refractivity contribution in [3.63, 3.8) is 0 Å². The van der Waals surface area contributed by atoms with E-state index in [4.69, 9.17) is 4.74 Å². The van der Waals surface area contributed by atoms with E-state index in [1.807, 2.05) is 12.1 Å². The molecule has 0 aliphatic heterocycles. The third kappa shape index (κ3) is 4.97. The van der Waals surface area contributed by atoms with Crippen LogP contribution in [-0.4, -0.2) is 13.2 Å². The van der Waals surface area contributed by atoms with Crippen LogP contribution in [0.15, 0.2) is 40.2 Å². The van der Waals surface area contributed by atoms with Crippen molar-refractivity contribution >= 4 is 27.3 Å². The first kappa shape index (κ1) is 14.6. The van der Waals surface area contributed by atoms with Crippen molar-refractivity contribution in [3.8, 4) is 5.75 Å². The fourth-order valence-electron chi connectivity index (χ4n) is 1.72. The van der Waals surface area contributed by atoms with Crippen molar-refractivity contribution in [2.75, 3.05) is 13.2 Å². The molecule has 0 spiro atoms. The minimum atomic E-state index is 0.692. The van der Waals surface area contributed by atoms with Gasteiger partial charge in [0.25, 0.3) is 0 Å². The highest BCUT2D eigenvalue weighted by molar-refractivity contribution is 9.10. The topological polar surface area (TPSA) is 21.3 Å². The van der Waals surface area contributed by atoms with Crippen LogP contribution in [0, 0.1) is 0 Å². The quantitative estimate of drug-likeness (QED) is 0.761. The van der Waals surface area contributed by atoms with Gasteiger partial charge in [0.15, 0.2) is 0 Å². The highest BCUT2D eigenvalue weighted by Crippen LogP contribution is 2.19. The summed E-state index contributed by atoms with van der Waals surface area (Å²) >= 11 is 5.21. The fraction of sp³-hybridized carbons (Fsp3) is 0.333. The molecule has 0 bridgehead atoms. The van der Waals surface area contributed by atoms with Crippen LogP contribution < -0.4 is 10.1 Å². The van der Waals surface area contributed by atoms with Crippen LogP contribution in [-0.2, 0) is 13.0 Å². The summed E-state index contributed by atoms with van der Waals surface area (Å²) in [5, 5.41) is 5.47. The Morgan fingerprint density at radius 2 is 2.05 bits per heavy atom. The highest BCUT2D eigenvalue weighted by atomic mass is 79.9. The summed E-state index contributed by atoms with van der Waals surface area (Å²) in [7, 11) is 0. The van der Waals surface area contributed by atoms with E-state index in [1.165, 1.54) is 10.4 Å². The Hall–Kier alpha value is -0.840. The van der Waals surface area contributed by atoms with Crippen molar-refractivity contribution in [3.05, 3.63) is 50.6 Å². The Morgan fingerprint density at radius 1 is 1.26 bits per heavy atom. The van der Waals surface area contributed by atoms with Crippen LogP contribution in [0.2, 0.25) is 0 Å². The second-order valence-corrected chi connectivity index (χ2v) is 6.17. The molecule has 0 amide bonds. The third-order valence-electron chi connectivity index (χ3n) is 2.80. The number of aryl methyl sites for hydroxylation is 1. The van der Waals surface area contributed by atoms with E-state index in [0.717, 1.165) is 29.7 Å². The van der Waals surface area contributed by atoms with Crippen molar-refractivity contribution in [2.45, 2.75) is 19.9 Å². The standard InChI is InChI=1S/C15H18BrNOS/c1-2-12-3-5-14(6-4-12)18-8-7-17-10-15-9-13(16)11-19-15/h3-6,9,11,17H,2,7-8,10H2,1H3. The van der Waals surface area contributed by atoms with Gasteiger partial charge in [0.1, 0.15) is 12.4 Å². The number of thiophene rings is 1. The molecule has 2 aromatic rings. The van der Waals surface area contributed by atoms with Crippen molar-refractivity contribution in [1.82, 2.24) is 5.32 Å². The second-order valence-electron chi connectivity index (χ2n) is 4.25. The summed E-state index contributed by atoms with van der Waals surface area (Å²) < 4.78 is 6.83. The zero-order chi connectivity index (χ0) is 13.5. The Bertz CT molecular complexity index is 495. The Labute approximate surface area is 126 Å². The number of hydrogen-bond acceptors (Lipinski definition) is 3. The van der Waals surface area contributed by atoms with Gasteiger partial charge in [0, 0.05) is 27.8 Å². The van der Waals surface area contributed by atoms with Crippen LogP contribution in [0.3, 0.4) is 0 Å². The van der Waals surface area contributed by atoms with Crippen molar-refractivity contribution in [2.24, 2.45) is 0 Å². The highest BCUT2D eigenvalue weighted by Gasteiger charge is 1.97. The van der Waals surface area contributed by atoms with E-state index in [-0.39, 0.29) is 0 Å². The molecule has 0 unspecified atom stereocenters. The molecule has 0 atom stereocenters. The number of rotatable bonds is 7. The first-order valence-corrected chi connectivity index (χ1v) is 8.10. The molecule has 1 heterocycles. The molecule has 0 fully saturated rings. The lowest BCUT2D eigenvalue weighted by molar-refractivity contribution is 0.314. The largest absolute Gasteiger partial charge is 0.492 e. The normalized spacial score (nSPS) is 10.6. The van der Waals surface area contributed by atoms with E-state index in [1.54, 1.807) is 11.3 Å². The minimum absolute atomic E-state index is 0.692. The third-order valence-corrected chi connectivity index (χ3v) is 4.50. The number of halogens is 1. The average molecular weight is 340 g/mol. The Morgan fingerprint density at radius 3 is 2.68 bits per heavy atom. The molecular formula is C15H18BrNOS. The van der Waals surface area contributed by atoms with Crippen LogP contribution in [0.25, 0.3) is 0 Å². The summed E-state index contributed by atoms with van der Waals surface area (Å²) in [6.07, 6.45) is 1.07. The maximum atomic E-state index is 5.68. The Balaban J connectivity index is 1.63. The molecule has 0 saturated carbocycles. The van der Waals surface area contributed by atoms with Gasteiger partial charge in [-0.3, -0.25) is 0 Å². The van der Waals surface area contributed by atoms with E-state index in [9.17, 15) is 0 Å². The number of nitrogens with one attached hydrogen (secondary N) is 1. The first-order valence-electron chi connectivity index (χ1n) is 6.43. The molecule has 19 heavy (non-hydrogen) atoms. The van der Waals surface area contributed by atoms with Gasteiger partial charge in [-0.1, -0.05) is 19.1 Å². The molecule has 1 N–H and O–H groups in total. The summed E-state index contributed by atoms with van der Waals surface area (Å²) in [6.45, 7) is 4.60. The van der Waals surface area contributed by atoms with Crippen LogP contribution in [0.4, 0.5) is 0 Å². The number of hydrogen-bond donors (Lipinski definition) is 1. The van der Waals surface area contributed by atoms with Gasteiger partial charge in [-0.2, -0.15) is 0 Å². The van der Waals surface area contributed by atoms with Gasteiger partial charge in [0.2, 0.25) is 0 Å². The monoisotopic (exact) mass is 339 g/mol. The predicted molar refractivity (Wildman–Crippen MR) is 85.0 cm³/mol. The van der Waals surface area contributed by atoms with Crippen LogP contribution >= 0.6 is 27.3 Å². The number of ether oxygens (including phenoxy) is 1. The van der Waals surface area contributed by atoms with Gasteiger partial charge >= 0.3 is 0 Å². The summed E-state index contributed by atoms with van der Waals surface area (Å²) in [4.78, 5) is 1.33. The summed E-state index contributed by atoms with van der Waals surface area (Å²) in [5.74, 6) is 0.942. The average Bonchev–Trinajstić information content (AvgIpc) is 2.85. The van der Waals surface area contributed by atoms with Crippen molar-refractivity contribution in [1.29, 1.82) is 0 Å². The molecule has 0 aliphatic carbocycles. The predicted octanol–water partition coefficient (Wildman–Crippen LogP) is 4.24. The minimum Gasteiger partial charge on any atom is -0.492 e. The van der Waals surface area contributed by atoms with Gasteiger partial charge in [-0.15, -0.1) is 11.3 Å². The lowest BCUT2D eigenvalue weighted by Crippen LogP contribution is -2.20. The van der Waals surface area contributed by atoms with E-state index < -0.39 is 0 Å². The van der Waals surface area contributed by atoms with Gasteiger partial charge in [-0.25, -0.2) is 0 Å². The number of benzene rings is 1. The maximum Gasteiger partial charge on any atom is 0.119 e. The fourth-order valence-corrected chi connectivity index (χ4v) is 3.14. The molecular weight excluding hydrogens is 322 g/mol. The smallest absolute Gasteiger partial charge is 0.119 e. The molecule has 0 aliphatic rings. The van der Waals surface area contributed by atoms with Gasteiger partial charge in [-0.05, 0) is 46.1 Å². The van der Waals surface area contributed by atoms with E-state index >= 15 is 0 Å². The van der Waals surface area contributed by atoms with Crippen LogP contribution in [0.1, 0.15) is 17.4 Å². The molecule has 4 heteroatoms. The summed E-state index contributed by atoms with van der Waals surface area (Å²) in [6, 6.07) is 10.4. The SMILES string of the molecule is CCc1ccc(OCCNCc2cc(Br)cs2)cc1. The molecule has 102 valence electrons. The van der Waals surface area contributed by atoms with Crippen molar-refractivity contribution < 1.29 is 4.74 Å². The Kier molecular flexibility index (Phi) is 5.89. The molecule has 0 saturated heterocycles. The lowest BCUT2D eigenvalue weighted by Gasteiger charge is -2.07. The van der Waals surface area contributed by atoms with E-state index in [2.05, 4.69) is 51.7 Å². The molecule has 0 radical (unpaired) electrons. The maximum absolute atomic E-state index is 5.68. The zero-order valence-corrected chi connectivity index (χ0v) is 13.4.